The molecule has 0 saturated carbocycles. The summed E-state index contributed by atoms with van der Waals surface area (Å²) in [6, 6.07) is 11.2. The van der Waals surface area contributed by atoms with Gasteiger partial charge in [-0.25, -0.2) is 9.37 Å². The van der Waals surface area contributed by atoms with E-state index in [1.165, 1.54) is 6.08 Å². The highest BCUT2D eigenvalue weighted by atomic mass is 19.1. The molecular formula is C21H23BFN3O2. The number of hydrogen-bond acceptors (Lipinski definition) is 4. The highest BCUT2D eigenvalue weighted by molar-refractivity contribution is 6.54. The van der Waals surface area contributed by atoms with Gasteiger partial charge in [0.2, 0.25) is 0 Å². The number of imidazole rings is 1. The molecule has 0 unspecified atom stereocenters. The van der Waals surface area contributed by atoms with E-state index in [2.05, 4.69) is 4.98 Å². The summed E-state index contributed by atoms with van der Waals surface area (Å²) in [7, 11) is -1.04. The number of pyridine rings is 1. The smallest absolute Gasteiger partial charge is 0.398 e. The molecule has 4 rings (SSSR count). The molecule has 1 fully saturated rings. The van der Waals surface area contributed by atoms with Crippen molar-refractivity contribution in [1.29, 1.82) is 0 Å². The molecule has 28 heavy (non-hydrogen) atoms. The molecule has 1 saturated heterocycles. The van der Waals surface area contributed by atoms with Crippen LogP contribution in [0.2, 0.25) is 0 Å². The van der Waals surface area contributed by atoms with Crippen molar-refractivity contribution in [3.63, 3.8) is 0 Å². The molecular weight excluding hydrogens is 356 g/mol. The van der Waals surface area contributed by atoms with E-state index in [1.54, 1.807) is 0 Å². The average Bonchev–Trinajstić information content (AvgIpc) is 3.14. The summed E-state index contributed by atoms with van der Waals surface area (Å²) in [4.78, 5) is 4.67. The third kappa shape index (κ3) is 3.10. The number of nitrogen functional groups attached to an aromatic ring is 1. The zero-order chi connectivity index (χ0) is 20.1. The molecule has 0 amide bonds. The van der Waals surface area contributed by atoms with Crippen LogP contribution in [0.25, 0.3) is 23.0 Å². The van der Waals surface area contributed by atoms with Gasteiger partial charge in [-0.05, 0) is 52.0 Å². The second kappa shape index (κ2) is 6.46. The van der Waals surface area contributed by atoms with E-state index in [9.17, 15) is 4.39 Å². The second-order valence-corrected chi connectivity index (χ2v) is 8.03. The predicted octanol–water partition coefficient (Wildman–Crippen LogP) is 4.53. The molecule has 0 bridgehead atoms. The topological polar surface area (TPSA) is 61.8 Å². The molecule has 1 aromatic carbocycles. The Labute approximate surface area is 164 Å². The number of benzene rings is 1. The zero-order valence-corrected chi connectivity index (χ0v) is 16.4. The van der Waals surface area contributed by atoms with E-state index >= 15 is 0 Å². The molecule has 5 nitrogen and oxygen atoms in total. The maximum atomic E-state index is 15.0. The summed E-state index contributed by atoms with van der Waals surface area (Å²) < 4.78 is 28.4. The lowest BCUT2D eigenvalue weighted by atomic mass is 9.87. The fraction of sp³-hybridized carbons (Fsp3) is 0.286. The first kappa shape index (κ1) is 18.7. The predicted molar refractivity (Wildman–Crippen MR) is 110 cm³/mol. The SMILES string of the molecule is CC1(C)OB(C(F)=Cc2cccn3cc(-c4ccccc4N)nc23)OC1(C)C. The van der Waals surface area contributed by atoms with Gasteiger partial charge in [0.1, 0.15) is 11.4 Å². The maximum absolute atomic E-state index is 15.0. The number of anilines is 1. The minimum Gasteiger partial charge on any atom is -0.398 e. The molecule has 0 radical (unpaired) electrons. The molecule has 0 spiro atoms. The molecule has 3 aromatic rings. The van der Waals surface area contributed by atoms with E-state index in [1.807, 2.05) is 80.9 Å². The molecule has 2 aromatic heterocycles. The monoisotopic (exact) mass is 379 g/mol. The Morgan fingerprint density at radius 1 is 1.11 bits per heavy atom. The number of fused-ring (bicyclic) bond motifs is 1. The van der Waals surface area contributed by atoms with Gasteiger partial charge in [0.15, 0.2) is 0 Å². The lowest BCUT2D eigenvalue weighted by Gasteiger charge is -2.32. The van der Waals surface area contributed by atoms with Crippen molar-refractivity contribution in [1.82, 2.24) is 9.38 Å². The van der Waals surface area contributed by atoms with E-state index < -0.39 is 24.0 Å². The van der Waals surface area contributed by atoms with Crippen molar-refractivity contribution in [3.05, 3.63) is 60.1 Å². The highest BCUT2D eigenvalue weighted by Gasteiger charge is 2.53. The first-order valence-electron chi connectivity index (χ1n) is 9.23. The van der Waals surface area contributed by atoms with Gasteiger partial charge in [0, 0.05) is 29.2 Å². The zero-order valence-electron chi connectivity index (χ0n) is 16.4. The number of para-hydroxylation sites is 1. The number of rotatable bonds is 3. The molecule has 144 valence electrons. The lowest BCUT2D eigenvalue weighted by molar-refractivity contribution is 0.00578. The highest BCUT2D eigenvalue weighted by Crippen LogP contribution is 2.39. The summed E-state index contributed by atoms with van der Waals surface area (Å²) in [5.41, 5.74) is 7.87. The lowest BCUT2D eigenvalue weighted by Crippen LogP contribution is -2.41. The van der Waals surface area contributed by atoms with Crippen molar-refractivity contribution in [2.45, 2.75) is 38.9 Å². The van der Waals surface area contributed by atoms with E-state index in [0.29, 0.717) is 16.9 Å². The molecule has 0 aliphatic carbocycles. The maximum Gasteiger partial charge on any atom is 0.525 e. The van der Waals surface area contributed by atoms with E-state index in [4.69, 9.17) is 15.0 Å². The molecule has 2 N–H and O–H groups in total. The van der Waals surface area contributed by atoms with Crippen molar-refractivity contribution < 1.29 is 13.7 Å². The van der Waals surface area contributed by atoms with Crippen LogP contribution in [0, 0.1) is 0 Å². The van der Waals surface area contributed by atoms with Gasteiger partial charge in [0.25, 0.3) is 0 Å². The summed E-state index contributed by atoms with van der Waals surface area (Å²) in [6.07, 6.45) is 5.17. The van der Waals surface area contributed by atoms with Gasteiger partial charge in [-0.1, -0.05) is 18.2 Å². The van der Waals surface area contributed by atoms with Gasteiger partial charge in [0.05, 0.1) is 16.9 Å². The van der Waals surface area contributed by atoms with Crippen LogP contribution >= 0.6 is 0 Å². The van der Waals surface area contributed by atoms with Gasteiger partial charge in [-0.3, -0.25) is 0 Å². The molecule has 7 heteroatoms. The second-order valence-electron chi connectivity index (χ2n) is 8.03. The van der Waals surface area contributed by atoms with E-state index in [0.717, 1.165) is 11.3 Å². The first-order chi connectivity index (χ1) is 13.2. The number of hydrogen-bond donors (Lipinski definition) is 1. The number of aromatic nitrogens is 2. The van der Waals surface area contributed by atoms with Crippen LogP contribution in [0.1, 0.15) is 33.3 Å². The fourth-order valence-corrected chi connectivity index (χ4v) is 3.18. The van der Waals surface area contributed by atoms with Crippen LogP contribution in [0.4, 0.5) is 10.1 Å². The third-order valence-electron chi connectivity index (χ3n) is 5.52. The number of nitrogens with zero attached hydrogens (tertiary/aromatic N) is 2. The van der Waals surface area contributed by atoms with Crippen LogP contribution in [0.3, 0.4) is 0 Å². The van der Waals surface area contributed by atoms with Crippen LogP contribution in [0.5, 0.6) is 0 Å². The summed E-state index contributed by atoms with van der Waals surface area (Å²) >= 11 is 0. The Hall–Kier alpha value is -2.64. The summed E-state index contributed by atoms with van der Waals surface area (Å²) in [6.45, 7) is 7.58. The number of nitrogens with two attached hydrogens (primary N) is 1. The van der Waals surface area contributed by atoms with Crippen LogP contribution in [-0.4, -0.2) is 27.7 Å². The Balaban J connectivity index is 1.72. The van der Waals surface area contributed by atoms with E-state index in [-0.39, 0.29) is 0 Å². The standard InChI is InChI=1S/C21H23BFN3O2/c1-20(2)21(3,4)28-22(27-20)18(23)12-14-8-7-11-26-13-17(25-19(14)26)15-9-5-6-10-16(15)24/h5-13H,24H2,1-4H3. The number of halogens is 1. The largest absolute Gasteiger partial charge is 0.525 e. The third-order valence-corrected chi connectivity index (χ3v) is 5.52. The van der Waals surface area contributed by atoms with Crippen molar-refractivity contribution >= 4 is 24.5 Å². The quantitative estimate of drug-likeness (QED) is 0.537. The molecule has 1 aliphatic heterocycles. The van der Waals surface area contributed by atoms with Crippen molar-refractivity contribution in [3.8, 4) is 11.3 Å². The Morgan fingerprint density at radius 2 is 1.79 bits per heavy atom. The summed E-state index contributed by atoms with van der Waals surface area (Å²) in [5.74, 6) is 0. The molecule has 3 heterocycles. The first-order valence-corrected chi connectivity index (χ1v) is 9.23. The van der Waals surface area contributed by atoms with Crippen LogP contribution < -0.4 is 5.73 Å². The van der Waals surface area contributed by atoms with Gasteiger partial charge >= 0.3 is 7.12 Å². The summed E-state index contributed by atoms with van der Waals surface area (Å²) in [5, 5.41) is 0. The van der Waals surface area contributed by atoms with Gasteiger partial charge in [-0.15, -0.1) is 0 Å². The average molecular weight is 379 g/mol. The Bertz CT molecular complexity index is 1060. The Morgan fingerprint density at radius 3 is 2.46 bits per heavy atom. The molecule has 0 atom stereocenters. The normalized spacial score (nSPS) is 18.8. The fourth-order valence-electron chi connectivity index (χ4n) is 3.18. The van der Waals surface area contributed by atoms with Crippen molar-refractivity contribution in [2.75, 3.05) is 5.73 Å². The Kier molecular flexibility index (Phi) is 4.32. The van der Waals surface area contributed by atoms with Crippen LogP contribution in [-0.2, 0) is 9.31 Å². The minimum absolute atomic E-state index is 0.490. The molecule has 1 aliphatic rings. The van der Waals surface area contributed by atoms with Crippen molar-refractivity contribution in [2.24, 2.45) is 0 Å². The minimum atomic E-state index is -1.04. The van der Waals surface area contributed by atoms with Gasteiger partial charge in [-0.2, -0.15) is 0 Å². The van der Waals surface area contributed by atoms with Gasteiger partial charge < -0.3 is 19.4 Å². The van der Waals surface area contributed by atoms with Crippen LogP contribution in [0.15, 0.2) is 54.5 Å².